The number of hydrogen-bond donors (Lipinski definition) is 1. The highest BCUT2D eigenvalue weighted by Gasteiger charge is 2.47. The van der Waals surface area contributed by atoms with Crippen LogP contribution >= 0.6 is 0 Å². The summed E-state index contributed by atoms with van der Waals surface area (Å²) < 4.78 is 25.8. The lowest BCUT2D eigenvalue weighted by Crippen LogP contribution is -2.58. The minimum absolute atomic E-state index is 0.0620. The number of carbonyl (C=O) groups excluding carboxylic acids is 3. The summed E-state index contributed by atoms with van der Waals surface area (Å²) in [5.41, 5.74) is 0. The van der Waals surface area contributed by atoms with Crippen molar-refractivity contribution in [2.75, 3.05) is 19.8 Å². The van der Waals surface area contributed by atoms with Gasteiger partial charge in [-0.15, -0.1) is 0 Å². The fourth-order valence-electron chi connectivity index (χ4n) is 2.02. The van der Waals surface area contributed by atoms with Gasteiger partial charge in [0, 0.05) is 20.8 Å². The minimum Gasteiger partial charge on any atom is -0.456 e. The summed E-state index contributed by atoms with van der Waals surface area (Å²) in [6.45, 7) is 3.11. The van der Waals surface area contributed by atoms with Gasteiger partial charge in [0.25, 0.3) is 0 Å². The molecule has 1 aliphatic rings. The number of rotatable bonds is 6. The topological polar surface area (TPSA) is 118 Å². The monoisotopic (exact) mass is 320 g/mol. The van der Waals surface area contributed by atoms with Gasteiger partial charge in [0.15, 0.2) is 24.6 Å². The highest BCUT2D eigenvalue weighted by atomic mass is 16.7. The number of aliphatic hydroxyl groups is 1. The van der Waals surface area contributed by atoms with Crippen LogP contribution < -0.4 is 0 Å². The minimum atomic E-state index is -1.12. The Labute approximate surface area is 127 Å². The molecule has 0 aromatic carbocycles. The summed E-state index contributed by atoms with van der Waals surface area (Å²) >= 11 is 0. The molecule has 0 aromatic heterocycles. The Bertz CT molecular complexity index is 408. The Morgan fingerprint density at radius 1 is 1.00 bits per heavy atom. The average molecular weight is 320 g/mol. The van der Waals surface area contributed by atoms with Crippen molar-refractivity contribution in [3.05, 3.63) is 0 Å². The molecule has 0 aromatic rings. The lowest BCUT2D eigenvalue weighted by atomic mass is 10.0. The number of carbonyl (C=O) groups is 3. The predicted molar refractivity (Wildman–Crippen MR) is 69.4 cm³/mol. The summed E-state index contributed by atoms with van der Waals surface area (Å²) in [5.74, 6) is -1.88. The average Bonchev–Trinajstić information content (AvgIpc) is 2.40. The van der Waals surface area contributed by atoms with Crippen molar-refractivity contribution in [2.24, 2.45) is 0 Å². The quantitative estimate of drug-likeness (QED) is 0.493. The number of hydrogen-bond acceptors (Lipinski definition) is 9. The molecule has 0 unspecified atom stereocenters. The van der Waals surface area contributed by atoms with Crippen molar-refractivity contribution < 1.29 is 43.2 Å². The largest absolute Gasteiger partial charge is 0.456 e. The Balaban J connectivity index is 2.95. The highest BCUT2D eigenvalue weighted by molar-refractivity contribution is 5.68. The van der Waals surface area contributed by atoms with E-state index in [4.69, 9.17) is 28.8 Å². The zero-order chi connectivity index (χ0) is 16.7. The van der Waals surface area contributed by atoms with Crippen LogP contribution in [-0.4, -0.2) is 67.4 Å². The van der Waals surface area contributed by atoms with Crippen LogP contribution in [0.1, 0.15) is 20.8 Å². The van der Waals surface area contributed by atoms with Gasteiger partial charge in [-0.1, -0.05) is 0 Å². The molecule has 9 nitrogen and oxygen atoms in total. The van der Waals surface area contributed by atoms with Crippen molar-refractivity contribution in [1.82, 2.24) is 0 Å². The maximum Gasteiger partial charge on any atom is 0.303 e. The molecule has 1 aliphatic heterocycles. The SMILES string of the molecule is CC(=O)O[C@@H]1[C@@H](OC(C)=O)[C@H](OCCO)OC[C@H]1OC(C)=O. The first kappa shape index (κ1) is 18.3. The first-order chi connectivity index (χ1) is 10.3. The van der Waals surface area contributed by atoms with Crippen LogP contribution in [0.4, 0.5) is 0 Å². The lowest BCUT2D eigenvalue weighted by Gasteiger charge is -2.40. The van der Waals surface area contributed by atoms with E-state index in [0.29, 0.717) is 0 Å². The number of ether oxygens (including phenoxy) is 5. The van der Waals surface area contributed by atoms with E-state index in [1.165, 1.54) is 20.8 Å². The van der Waals surface area contributed by atoms with E-state index in [9.17, 15) is 14.4 Å². The molecule has 0 radical (unpaired) electrons. The van der Waals surface area contributed by atoms with Crippen molar-refractivity contribution in [3.63, 3.8) is 0 Å². The predicted octanol–water partition coefficient (Wildman–Crippen LogP) is -0.853. The molecule has 1 heterocycles. The highest BCUT2D eigenvalue weighted by Crippen LogP contribution is 2.25. The molecule has 0 amide bonds. The van der Waals surface area contributed by atoms with Gasteiger partial charge in [0.1, 0.15) is 0 Å². The third-order valence-electron chi connectivity index (χ3n) is 2.68. The normalized spacial score (nSPS) is 27.8. The Morgan fingerprint density at radius 3 is 2.05 bits per heavy atom. The summed E-state index contributed by atoms with van der Waals surface area (Å²) in [6, 6.07) is 0. The fraction of sp³-hybridized carbons (Fsp3) is 0.769. The van der Waals surface area contributed by atoms with Crippen LogP contribution in [-0.2, 0) is 38.1 Å². The maximum absolute atomic E-state index is 11.3. The van der Waals surface area contributed by atoms with Gasteiger partial charge in [-0.3, -0.25) is 14.4 Å². The molecule has 9 heteroatoms. The van der Waals surface area contributed by atoms with Crippen LogP contribution in [0.25, 0.3) is 0 Å². The van der Waals surface area contributed by atoms with E-state index < -0.39 is 42.5 Å². The van der Waals surface area contributed by atoms with E-state index in [1.54, 1.807) is 0 Å². The maximum atomic E-state index is 11.3. The van der Waals surface area contributed by atoms with E-state index in [-0.39, 0.29) is 19.8 Å². The third-order valence-corrected chi connectivity index (χ3v) is 2.68. The van der Waals surface area contributed by atoms with Crippen LogP contribution in [0.15, 0.2) is 0 Å². The summed E-state index contributed by atoms with van der Waals surface area (Å²) in [6.07, 6.45) is -4.17. The Kier molecular flexibility index (Phi) is 7.22. The Morgan fingerprint density at radius 2 is 1.55 bits per heavy atom. The van der Waals surface area contributed by atoms with Gasteiger partial charge in [0.2, 0.25) is 0 Å². The molecule has 0 spiro atoms. The number of esters is 3. The van der Waals surface area contributed by atoms with Crippen LogP contribution in [0, 0.1) is 0 Å². The van der Waals surface area contributed by atoms with Crippen LogP contribution in [0.2, 0.25) is 0 Å². The molecule has 4 atom stereocenters. The van der Waals surface area contributed by atoms with Gasteiger partial charge in [0.05, 0.1) is 19.8 Å². The zero-order valence-corrected chi connectivity index (χ0v) is 12.6. The molecule has 0 saturated carbocycles. The lowest BCUT2D eigenvalue weighted by molar-refractivity contribution is -0.281. The molecular weight excluding hydrogens is 300 g/mol. The summed E-state index contributed by atoms with van der Waals surface area (Å²) in [4.78, 5) is 33.7. The van der Waals surface area contributed by atoms with Crippen LogP contribution in [0.3, 0.4) is 0 Å². The second-order valence-corrected chi connectivity index (χ2v) is 4.59. The van der Waals surface area contributed by atoms with E-state index in [2.05, 4.69) is 0 Å². The molecule has 22 heavy (non-hydrogen) atoms. The molecule has 126 valence electrons. The molecular formula is C13H20O9. The molecule has 1 N–H and O–H groups in total. The van der Waals surface area contributed by atoms with E-state index >= 15 is 0 Å². The Hall–Kier alpha value is -1.71. The molecule has 1 saturated heterocycles. The first-order valence-corrected chi connectivity index (χ1v) is 6.71. The number of aliphatic hydroxyl groups excluding tert-OH is 1. The van der Waals surface area contributed by atoms with Gasteiger partial charge >= 0.3 is 17.9 Å². The van der Waals surface area contributed by atoms with Crippen molar-refractivity contribution in [2.45, 2.75) is 45.4 Å². The van der Waals surface area contributed by atoms with E-state index in [1.807, 2.05) is 0 Å². The first-order valence-electron chi connectivity index (χ1n) is 6.71. The molecule has 0 bridgehead atoms. The molecule has 1 fully saturated rings. The van der Waals surface area contributed by atoms with Crippen molar-refractivity contribution in [1.29, 1.82) is 0 Å². The summed E-state index contributed by atoms with van der Waals surface area (Å²) in [5, 5.41) is 8.80. The van der Waals surface area contributed by atoms with Crippen molar-refractivity contribution >= 4 is 17.9 Å². The third kappa shape index (κ3) is 5.58. The standard InChI is InChI=1S/C13H20O9/c1-7(15)20-10-6-19-13(18-5-4-14)12(22-9(3)17)11(10)21-8(2)16/h10-14H,4-6H2,1-3H3/t10-,11+,12-,13-/m1/s1. The smallest absolute Gasteiger partial charge is 0.303 e. The zero-order valence-electron chi connectivity index (χ0n) is 12.6. The van der Waals surface area contributed by atoms with Gasteiger partial charge in [-0.2, -0.15) is 0 Å². The van der Waals surface area contributed by atoms with Gasteiger partial charge < -0.3 is 28.8 Å². The second kappa shape index (κ2) is 8.66. The second-order valence-electron chi connectivity index (χ2n) is 4.59. The fourth-order valence-corrected chi connectivity index (χ4v) is 2.02. The molecule has 1 rings (SSSR count). The van der Waals surface area contributed by atoms with Crippen molar-refractivity contribution in [3.8, 4) is 0 Å². The summed E-state index contributed by atoms with van der Waals surface area (Å²) in [7, 11) is 0. The molecule has 0 aliphatic carbocycles. The van der Waals surface area contributed by atoms with E-state index in [0.717, 1.165) is 0 Å². The van der Waals surface area contributed by atoms with Gasteiger partial charge in [-0.25, -0.2) is 0 Å². The van der Waals surface area contributed by atoms with Crippen LogP contribution in [0.5, 0.6) is 0 Å². The van der Waals surface area contributed by atoms with Gasteiger partial charge in [-0.05, 0) is 0 Å².